The zero-order chi connectivity index (χ0) is 10.5. The quantitative estimate of drug-likeness (QED) is 0.823. The first-order valence-electron chi connectivity index (χ1n) is 4.82. The highest BCUT2D eigenvalue weighted by molar-refractivity contribution is 5.33. The average molecular weight is 198 g/mol. The van der Waals surface area contributed by atoms with E-state index in [4.69, 9.17) is 10.5 Å². The molecule has 0 aliphatic rings. The fraction of sp³-hybridized carbons (Fsp3) is 0.0769. The molecule has 0 aliphatic heterocycles. The zero-order valence-electron chi connectivity index (χ0n) is 8.31. The summed E-state index contributed by atoms with van der Waals surface area (Å²) < 4.78 is 5.65. The summed E-state index contributed by atoms with van der Waals surface area (Å²) in [4.78, 5) is 0. The van der Waals surface area contributed by atoms with Gasteiger partial charge in [0.1, 0.15) is 11.5 Å². The molecular formula is C13H12NO. The molecule has 0 amide bonds. The highest BCUT2D eigenvalue weighted by Crippen LogP contribution is 2.21. The van der Waals surface area contributed by atoms with Gasteiger partial charge in [-0.25, -0.2) is 0 Å². The predicted molar refractivity (Wildman–Crippen MR) is 59.7 cm³/mol. The third-order valence-electron chi connectivity index (χ3n) is 2.03. The van der Waals surface area contributed by atoms with Crippen LogP contribution in [0.5, 0.6) is 11.5 Å². The Morgan fingerprint density at radius 2 is 1.87 bits per heavy atom. The van der Waals surface area contributed by atoms with E-state index in [2.05, 4.69) is 6.07 Å². The van der Waals surface area contributed by atoms with E-state index in [-0.39, 0.29) is 0 Å². The predicted octanol–water partition coefficient (Wildman–Crippen LogP) is 2.74. The van der Waals surface area contributed by atoms with E-state index in [9.17, 15) is 0 Å². The molecule has 0 fully saturated rings. The van der Waals surface area contributed by atoms with Crippen molar-refractivity contribution in [1.29, 1.82) is 0 Å². The Morgan fingerprint density at radius 3 is 2.60 bits per heavy atom. The lowest BCUT2D eigenvalue weighted by atomic mass is 10.2. The molecule has 0 bridgehead atoms. The maximum Gasteiger partial charge on any atom is 0.127 e. The van der Waals surface area contributed by atoms with E-state index in [0.29, 0.717) is 6.54 Å². The molecule has 0 spiro atoms. The fourth-order valence-electron chi connectivity index (χ4n) is 1.30. The van der Waals surface area contributed by atoms with Crippen molar-refractivity contribution in [2.75, 3.05) is 0 Å². The lowest BCUT2D eigenvalue weighted by Gasteiger charge is -2.06. The van der Waals surface area contributed by atoms with Gasteiger partial charge in [-0.2, -0.15) is 0 Å². The lowest BCUT2D eigenvalue weighted by molar-refractivity contribution is 0.482. The molecule has 2 nitrogen and oxygen atoms in total. The minimum atomic E-state index is 0.478. The minimum Gasteiger partial charge on any atom is -0.457 e. The van der Waals surface area contributed by atoms with Gasteiger partial charge >= 0.3 is 0 Å². The zero-order valence-corrected chi connectivity index (χ0v) is 8.31. The largest absolute Gasteiger partial charge is 0.457 e. The second-order valence-corrected chi connectivity index (χ2v) is 3.17. The maximum absolute atomic E-state index is 5.65. The van der Waals surface area contributed by atoms with Gasteiger partial charge in [0.25, 0.3) is 0 Å². The summed E-state index contributed by atoms with van der Waals surface area (Å²) in [6.45, 7) is 0.478. The summed E-state index contributed by atoms with van der Waals surface area (Å²) in [5, 5.41) is 0. The highest BCUT2D eigenvalue weighted by Gasteiger charge is 1.97. The van der Waals surface area contributed by atoms with E-state index in [0.717, 1.165) is 17.1 Å². The number of ether oxygens (including phenoxy) is 1. The van der Waals surface area contributed by atoms with Crippen LogP contribution in [0.3, 0.4) is 0 Å². The Bertz CT molecular complexity index is 426. The number of hydrogen-bond acceptors (Lipinski definition) is 2. The second-order valence-electron chi connectivity index (χ2n) is 3.17. The van der Waals surface area contributed by atoms with Crippen LogP contribution in [0.15, 0.2) is 48.5 Å². The Labute approximate surface area is 89.3 Å². The molecule has 0 saturated carbocycles. The monoisotopic (exact) mass is 198 g/mol. The van der Waals surface area contributed by atoms with Crippen molar-refractivity contribution >= 4 is 0 Å². The van der Waals surface area contributed by atoms with Crippen molar-refractivity contribution in [1.82, 2.24) is 0 Å². The number of benzene rings is 2. The van der Waals surface area contributed by atoms with Gasteiger partial charge in [-0.3, -0.25) is 0 Å². The Hall–Kier alpha value is -1.80. The summed E-state index contributed by atoms with van der Waals surface area (Å²) in [7, 11) is 0. The number of hydrogen-bond donors (Lipinski definition) is 1. The van der Waals surface area contributed by atoms with Crippen molar-refractivity contribution in [2.45, 2.75) is 6.54 Å². The first kappa shape index (κ1) is 9.74. The minimum absolute atomic E-state index is 0.478. The van der Waals surface area contributed by atoms with E-state index in [1.54, 1.807) is 0 Å². The van der Waals surface area contributed by atoms with E-state index < -0.39 is 0 Å². The van der Waals surface area contributed by atoms with Crippen molar-refractivity contribution < 1.29 is 4.74 Å². The van der Waals surface area contributed by atoms with E-state index >= 15 is 0 Å². The van der Waals surface area contributed by atoms with Crippen LogP contribution in [0.2, 0.25) is 0 Å². The summed E-state index contributed by atoms with van der Waals surface area (Å²) in [6.07, 6.45) is 0. The summed E-state index contributed by atoms with van der Waals surface area (Å²) in [5.41, 5.74) is 6.47. The molecule has 0 aliphatic carbocycles. The smallest absolute Gasteiger partial charge is 0.127 e. The van der Waals surface area contributed by atoms with Gasteiger partial charge in [-0.1, -0.05) is 24.3 Å². The molecular weight excluding hydrogens is 186 g/mol. The fourth-order valence-corrected chi connectivity index (χ4v) is 1.30. The normalized spacial score (nSPS) is 9.93. The van der Waals surface area contributed by atoms with Gasteiger partial charge in [-0.05, 0) is 35.9 Å². The topological polar surface area (TPSA) is 35.2 Å². The molecule has 0 unspecified atom stereocenters. The standard InChI is InChI=1S/C13H12NO/c14-10-11-5-4-8-13(9-11)15-12-6-2-1-3-7-12/h1-4,6-9H,10,14H2. The van der Waals surface area contributed by atoms with E-state index in [1.807, 2.05) is 48.5 Å². The van der Waals surface area contributed by atoms with Crippen LogP contribution in [-0.4, -0.2) is 0 Å². The molecule has 0 saturated heterocycles. The molecule has 0 heterocycles. The number of para-hydroxylation sites is 1. The van der Waals surface area contributed by atoms with Crippen LogP contribution < -0.4 is 10.5 Å². The number of nitrogens with two attached hydrogens (primary N) is 1. The van der Waals surface area contributed by atoms with Crippen molar-refractivity contribution in [3.63, 3.8) is 0 Å². The molecule has 0 atom stereocenters. The summed E-state index contributed by atoms with van der Waals surface area (Å²) in [5.74, 6) is 1.62. The lowest BCUT2D eigenvalue weighted by Crippen LogP contribution is -1.96. The van der Waals surface area contributed by atoms with Gasteiger partial charge in [0.2, 0.25) is 0 Å². The molecule has 75 valence electrons. The average Bonchev–Trinajstić information content (AvgIpc) is 2.31. The van der Waals surface area contributed by atoms with Gasteiger partial charge in [-0.15, -0.1) is 0 Å². The highest BCUT2D eigenvalue weighted by atomic mass is 16.5. The van der Waals surface area contributed by atoms with Crippen molar-refractivity contribution in [3.05, 3.63) is 60.2 Å². The number of rotatable bonds is 3. The Balaban J connectivity index is 2.17. The van der Waals surface area contributed by atoms with Crippen LogP contribution in [0, 0.1) is 6.07 Å². The van der Waals surface area contributed by atoms with Gasteiger partial charge in [0.05, 0.1) is 0 Å². The van der Waals surface area contributed by atoms with E-state index in [1.165, 1.54) is 0 Å². The first-order valence-corrected chi connectivity index (χ1v) is 4.82. The first-order chi connectivity index (χ1) is 7.38. The van der Waals surface area contributed by atoms with Crippen LogP contribution >= 0.6 is 0 Å². The third-order valence-corrected chi connectivity index (χ3v) is 2.03. The molecule has 2 heteroatoms. The van der Waals surface area contributed by atoms with Gasteiger partial charge in [0, 0.05) is 6.54 Å². The Kier molecular flexibility index (Phi) is 3.00. The van der Waals surface area contributed by atoms with Crippen molar-refractivity contribution in [3.8, 4) is 11.5 Å². The van der Waals surface area contributed by atoms with Gasteiger partial charge in [0.15, 0.2) is 0 Å². The van der Waals surface area contributed by atoms with Crippen LogP contribution in [0.25, 0.3) is 0 Å². The second kappa shape index (κ2) is 4.62. The van der Waals surface area contributed by atoms with Gasteiger partial charge < -0.3 is 10.5 Å². The third kappa shape index (κ3) is 2.58. The van der Waals surface area contributed by atoms with Crippen molar-refractivity contribution in [2.24, 2.45) is 5.73 Å². The Morgan fingerprint density at radius 1 is 1.07 bits per heavy atom. The molecule has 1 radical (unpaired) electrons. The summed E-state index contributed by atoms with van der Waals surface area (Å²) >= 11 is 0. The molecule has 2 N–H and O–H groups in total. The van der Waals surface area contributed by atoms with Crippen LogP contribution in [0.4, 0.5) is 0 Å². The summed E-state index contributed by atoms with van der Waals surface area (Å²) in [6, 6.07) is 18.3. The molecule has 0 aromatic heterocycles. The molecule has 2 aromatic rings. The molecule has 2 aromatic carbocycles. The molecule has 15 heavy (non-hydrogen) atoms. The molecule has 2 rings (SSSR count). The van der Waals surface area contributed by atoms with Crippen LogP contribution in [-0.2, 0) is 6.54 Å². The SMILES string of the molecule is NCc1[c]ccc(Oc2ccccc2)c1. The van der Waals surface area contributed by atoms with Crippen LogP contribution in [0.1, 0.15) is 5.56 Å². The maximum atomic E-state index is 5.65.